The smallest absolute Gasteiger partial charge is 0.282 e. The number of rotatable bonds is 4. The number of nitrogens with one attached hydrogen (secondary N) is 2. The predicted octanol–water partition coefficient (Wildman–Crippen LogP) is 1.34. The van der Waals surface area contributed by atoms with Gasteiger partial charge in [-0.1, -0.05) is 0 Å². The van der Waals surface area contributed by atoms with Gasteiger partial charge in [-0.05, 0) is 36.4 Å². The number of hydrogen-bond donors (Lipinski definition) is 2. The molecule has 0 atom stereocenters. The predicted molar refractivity (Wildman–Crippen MR) is 84.9 cm³/mol. The molecule has 0 aliphatic carbocycles. The lowest BCUT2D eigenvalue weighted by Crippen LogP contribution is -2.42. The number of aryl methyl sites for hydroxylation is 1. The maximum Gasteiger partial charge on any atom is 0.282 e. The van der Waals surface area contributed by atoms with Crippen molar-refractivity contribution in [1.29, 1.82) is 0 Å². The Morgan fingerprint density at radius 1 is 1.21 bits per heavy atom. The monoisotopic (exact) mass is 348 g/mol. The first-order valence-electron chi connectivity index (χ1n) is 6.87. The molecule has 124 valence electrons. The van der Waals surface area contributed by atoms with Crippen LogP contribution < -0.4 is 10.3 Å². The molecule has 2 aromatic heterocycles. The number of fused-ring (bicyclic) bond motifs is 1. The minimum Gasteiger partial charge on any atom is -0.347 e. The fraction of sp³-hybridized carbons (Fsp3) is 0.0667. The van der Waals surface area contributed by atoms with E-state index in [1.54, 1.807) is 29.9 Å². The third-order valence-electron chi connectivity index (χ3n) is 3.45. The second-order valence-corrected chi connectivity index (χ2v) is 6.66. The average molecular weight is 348 g/mol. The highest BCUT2D eigenvalue weighted by atomic mass is 32.2. The van der Waals surface area contributed by atoms with E-state index >= 15 is 0 Å². The van der Waals surface area contributed by atoms with E-state index in [0.29, 0.717) is 0 Å². The number of aromatic nitrogens is 2. The summed E-state index contributed by atoms with van der Waals surface area (Å²) in [6.07, 6.45) is 3.02. The van der Waals surface area contributed by atoms with Crippen molar-refractivity contribution in [3.8, 4) is 0 Å². The maximum absolute atomic E-state index is 13.7. The summed E-state index contributed by atoms with van der Waals surface area (Å²) in [5.74, 6) is -1.24. The van der Waals surface area contributed by atoms with Gasteiger partial charge in [0.25, 0.3) is 15.9 Å². The molecular formula is C15H13FN4O3S. The molecule has 3 aromatic rings. The van der Waals surface area contributed by atoms with Gasteiger partial charge >= 0.3 is 0 Å². The van der Waals surface area contributed by atoms with E-state index in [1.165, 1.54) is 18.3 Å². The number of carbonyl (C=O) groups excluding carboxylic acids is 1. The van der Waals surface area contributed by atoms with Gasteiger partial charge in [-0.15, -0.1) is 4.83 Å². The summed E-state index contributed by atoms with van der Waals surface area (Å²) in [6, 6.07) is 8.28. The molecular weight excluding hydrogens is 335 g/mol. The van der Waals surface area contributed by atoms with Crippen molar-refractivity contribution in [2.45, 2.75) is 4.90 Å². The number of benzene rings is 1. The van der Waals surface area contributed by atoms with Gasteiger partial charge in [0.2, 0.25) is 0 Å². The van der Waals surface area contributed by atoms with E-state index in [4.69, 9.17) is 0 Å². The third kappa shape index (κ3) is 2.86. The van der Waals surface area contributed by atoms with Crippen LogP contribution in [0.15, 0.2) is 53.7 Å². The van der Waals surface area contributed by atoms with Crippen molar-refractivity contribution in [1.82, 2.24) is 19.8 Å². The molecule has 24 heavy (non-hydrogen) atoms. The molecule has 3 rings (SSSR count). The van der Waals surface area contributed by atoms with Gasteiger partial charge in [0.1, 0.15) is 17.0 Å². The molecule has 2 heterocycles. The van der Waals surface area contributed by atoms with Crippen LogP contribution in [0.25, 0.3) is 10.9 Å². The number of hydrogen-bond acceptors (Lipinski definition) is 4. The second-order valence-electron chi connectivity index (χ2n) is 5.01. The molecule has 0 bridgehead atoms. The Labute approximate surface area is 137 Å². The lowest BCUT2D eigenvalue weighted by atomic mass is 10.2. The number of nitrogens with zero attached hydrogens (tertiary/aromatic N) is 2. The summed E-state index contributed by atoms with van der Waals surface area (Å²) in [7, 11) is -2.45. The van der Waals surface area contributed by atoms with E-state index in [-0.39, 0.29) is 21.5 Å². The Bertz CT molecular complexity index is 1030. The topological polar surface area (TPSA) is 93.1 Å². The Hall–Kier alpha value is -2.78. The summed E-state index contributed by atoms with van der Waals surface area (Å²) in [6.45, 7) is 0. The highest BCUT2D eigenvalue weighted by molar-refractivity contribution is 7.89. The Balaban J connectivity index is 1.91. The van der Waals surface area contributed by atoms with E-state index < -0.39 is 21.7 Å². The summed E-state index contributed by atoms with van der Waals surface area (Å²) < 4.78 is 40.2. The van der Waals surface area contributed by atoms with Crippen LogP contribution >= 0.6 is 0 Å². The van der Waals surface area contributed by atoms with Crippen LogP contribution in [-0.2, 0) is 17.1 Å². The molecule has 1 amide bonds. The fourth-order valence-corrected chi connectivity index (χ4v) is 3.31. The van der Waals surface area contributed by atoms with Gasteiger partial charge in [0.05, 0.1) is 4.90 Å². The van der Waals surface area contributed by atoms with E-state index in [0.717, 1.165) is 12.1 Å². The quantitative estimate of drug-likeness (QED) is 0.696. The van der Waals surface area contributed by atoms with Crippen LogP contribution in [0.4, 0.5) is 4.39 Å². The van der Waals surface area contributed by atoms with E-state index in [1.807, 2.05) is 4.83 Å². The first kappa shape index (κ1) is 16.1. The average Bonchev–Trinajstić information content (AvgIpc) is 2.99. The van der Waals surface area contributed by atoms with Crippen molar-refractivity contribution < 1.29 is 17.6 Å². The fourth-order valence-electron chi connectivity index (χ4n) is 2.28. The molecule has 0 saturated carbocycles. The van der Waals surface area contributed by atoms with Crippen LogP contribution in [0.3, 0.4) is 0 Å². The zero-order chi connectivity index (χ0) is 17.3. The number of halogens is 1. The molecule has 7 nitrogen and oxygen atoms in total. The lowest BCUT2D eigenvalue weighted by Gasteiger charge is -2.11. The number of hydrazine groups is 1. The van der Waals surface area contributed by atoms with Gasteiger partial charge in [-0.3, -0.25) is 15.2 Å². The Kier molecular flexibility index (Phi) is 4.04. The van der Waals surface area contributed by atoms with E-state index in [9.17, 15) is 17.6 Å². The normalized spacial score (nSPS) is 11.6. The van der Waals surface area contributed by atoms with Crippen LogP contribution in [-0.4, -0.2) is 23.9 Å². The molecule has 0 saturated heterocycles. The first-order chi connectivity index (χ1) is 11.4. The minimum absolute atomic E-state index is 0.0610. The summed E-state index contributed by atoms with van der Waals surface area (Å²) >= 11 is 0. The largest absolute Gasteiger partial charge is 0.347 e. The summed E-state index contributed by atoms with van der Waals surface area (Å²) in [5.41, 5.74) is 2.35. The molecule has 0 radical (unpaired) electrons. The number of pyridine rings is 1. The van der Waals surface area contributed by atoms with Crippen molar-refractivity contribution >= 4 is 26.8 Å². The van der Waals surface area contributed by atoms with Crippen LogP contribution in [0.2, 0.25) is 0 Å². The lowest BCUT2D eigenvalue weighted by molar-refractivity contribution is 0.0937. The minimum atomic E-state index is -4.10. The zero-order valence-electron chi connectivity index (χ0n) is 12.5. The number of amides is 1. The van der Waals surface area contributed by atoms with Gasteiger partial charge < -0.3 is 4.57 Å². The standard InChI is InChI=1S/C15H13FN4O3S/c1-20-9-3-5-12(20)15(21)18-19-24(22,23)13-7-6-11(16)14-10(13)4-2-8-17-14/h2-9,19H,1H3,(H,18,21). The summed E-state index contributed by atoms with van der Waals surface area (Å²) in [5, 5.41) is 0.123. The number of carbonyl (C=O) groups is 1. The molecule has 0 unspecified atom stereocenters. The molecule has 2 N–H and O–H groups in total. The van der Waals surface area contributed by atoms with Gasteiger partial charge in [-0.2, -0.15) is 0 Å². The molecule has 0 spiro atoms. The third-order valence-corrected chi connectivity index (χ3v) is 4.75. The second kappa shape index (κ2) is 6.02. The molecule has 9 heteroatoms. The zero-order valence-corrected chi connectivity index (χ0v) is 13.3. The van der Waals surface area contributed by atoms with Crippen molar-refractivity contribution in [2.75, 3.05) is 0 Å². The van der Waals surface area contributed by atoms with Crippen LogP contribution in [0, 0.1) is 5.82 Å². The first-order valence-corrected chi connectivity index (χ1v) is 8.35. The maximum atomic E-state index is 13.7. The van der Waals surface area contributed by atoms with E-state index in [2.05, 4.69) is 10.4 Å². The molecule has 0 aliphatic heterocycles. The van der Waals surface area contributed by atoms with Gasteiger partial charge in [-0.25, -0.2) is 12.8 Å². The van der Waals surface area contributed by atoms with Crippen LogP contribution in [0.5, 0.6) is 0 Å². The highest BCUT2D eigenvalue weighted by Crippen LogP contribution is 2.23. The van der Waals surface area contributed by atoms with Gasteiger partial charge in [0, 0.05) is 24.8 Å². The summed E-state index contributed by atoms with van der Waals surface area (Å²) in [4.78, 5) is 17.7. The van der Waals surface area contributed by atoms with Crippen LogP contribution in [0.1, 0.15) is 10.5 Å². The van der Waals surface area contributed by atoms with Crippen molar-refractivity contribution in [3.05, 3.63) is 60.3 Å². The molecule has 0 fully saturated rings. The number of sulfonamides is 1. The van der Waals surface area contributed by atoms with Crippen molar-refractivity contribution in [2.24, 2.45) is 7.05 Å². The van der Waals surface area contributed by atoms with Gasteiger partial charge in [0.15, 0.2) is 0 Å². The molecule has 0 aliphatic rings. The highest BCUT2D eigenvalue weighted by Gasteiger charge is 2.20. The Morgan fingerprint density at radius 2 is 2.00 bits per heavy atom. The molecule has 1 aromatic carbocycles. The SMILES string of the molecule is Cn1cccc1C(=O)NNS(=O)(=O)c1ccc(F)c2ncccc12. The van der Waals surface area contributed by atoms with Crippen molar-refractivity contribution in [3.63, 3.8) is 0 Å². The Morgan fingerprint density at radius 3 is 2.71 bits per heavy atom.